The Kier molecular flexibility index (Phi) is 6.79. The van der Waals surface area contributed by atoms with E-state index in [1.165, 1.54) is 0 Å². The average molecular weight is 486 g/mol. The molecule has 0 spiro atoms. The van der Waals surface area contributed by atoms with Crippen molar-refractivity contribution in [1.82, 2.24) is 15.5 Å². The number of nitrogens with one attached hydrogen (secondary N) is 2. The first-order valence-electron chi connectivity index (χ1n) is 12.4. The molecule has 1 aromatic rings. The Bertz CT molecular complexity index is 999. The van der Waals surface area contributed by atoms with Crippen molar-refractivity contribution in [2.45, 2.75) is 44.2 Å². The first-order valence-corrected chi connectivity index (χ1v) is 12.4. The fourth-order valence-corrected chi connectivity index (χ4v) is 5.83. The van der Waals surface area contributed by atoms with E-state index in [0.29, 0.717) is 56.3 Å². The fraction of sp³-hybridized carbons (Fsp3) is 0.600. The number of aldehydes is 1. The smallest absolute Gasteiger partial charge is 0.261 e. The van der Waals surface area contributed by atoms with Crippen molar-refractivity contribution in [3.05, 3.63) is 18.2 Å². The third-order valence-corrected chi connectivity index (χ3v) is 7.55. The number of hydrogen-bond acceptors (Lipinski definition) is 7. The summed E-state index contributed by atoms with van der Waals surface area (Å²) in [7, 11) is 0. The summed E-state index contributed by atoms with van der Waals surface area (Å²) in [5, 5.41) is 5.56. The lowest BCUT2D eigenvalue weighted by atomic mass is 9.92. The van der Waals surface area contributed by atoms with Crippen LogP contribution in [0.5, 0.6) is 17.2 Å². The van der Waals surface area contributed by atoms with E-state index in [2.05, 4.69) is 10.6 Å². The number of nitrogens with zero attached hydrogens (tertiary/aromatic N) is 1. The van der Waals surface area contributed by atoms with Gasteiger partial charge in [-0.05, 0) is 49.7 Å². The van der Waals surface area contributed by atoms with E-state index in [9.17, 15) is 19.2 Å². The molecule has 0 radical (unpaired) electrons. The van der Waals surface area contributed by atoms with E-state index in [-0.39, 0.29) is 48.5 Å². The minimum absolute atomic E-state index is 0.0651. The molecule has 1 aliphatic carbocycles. The van der Waals surface area contributed by atoms with Crippen LogP contribution in [0.3, 0.4) is 0 Å². The topological polar surface area (TPSA) is 123 Å². The molecule has 1 aromatic carbocycles. The van der Waals surface area contributed by atoms with Crippen molar-refractivity contribution in [2.24, 2.45) is 17.8 Å². The summed E-state index contributed by atoms with van der Waals surface area (Å²) < 4.78 is 16.8. The van der Waals surface area contributed by atoms with Crippen molar-refractivity contribution in [3.8, 4) is 17.2 Å². The first-order chi connectivity index (χ1) is 17.0. The molecule has 188 valence electrons. The average Bonchev–Trinajstić information content (AvgIpc) is 3.58. The Morgan fingerprint density at radius 1 is 1.20 bits per heavy atom. The van der Waals surface area contributed by atoms with E-state index in [1.54, 1.807) is 23.1 Å². The molecule has 0 aromatic heterocycles. The molecule has 35 heavy (non-hydrogen) atoms. The maximum absolute atomic E-state index is 13.3. The first kappa shape index (κ1) is 23.4. The monoisotopic (exact) mass is 485 g/mol. The summed E-state index contributed by atoms with van der Waals surface area (Å²) in [4.78, 5) is 51.7. The number of ether oxygens (including phenoxy) is 3. The van der Waals surface area contributed by atoms with Crippen LogP contribution in [-0.4, -0.2) is 73.9 Å². The fourth-order valence-electron chi connectivity index (χ4n) is 5.83. The Morgan fingerprint density at radius 2 is 2.03 bits per heavy atom. The highest BCUT2D eigenvalue weighted by atomic mass is 16.6. The van der Waals surface area contributed by atoms with Gasteiger partial charge in [0, 0.05) is 25.1 Å². The number of fused-ring (bicyclic) bond motifs is 2. The summed E-state index contributed by atoms with van der Waals surface area (Å²) in [5.74, 6) is 1.05. The van der Waals surface area contributed by atoms with Crippen LogP contribution in [0.4, 0.5) is 0 Å². The Hall–Kier alpha value is -3.30. The van der Waals surface area contributed by atoms with Gasteiger partial charge < -0.3 is 34.5 Å². The van der Waals surface area contributed by atoms with Gasteiger partial charge in [-0.1, -0.05) is 6.42 Å². The highest BCUT2D eigenvalue weighted by Crippen LogP contribution is 2.42. The number of hydrogen-bond donors (Lipinski definition) is 2. The van der Waals surface area contributed by atoms with E-state index in [1.807, 2.05) is 0 Å². The van der Waals surface area contributed by atoms with Crippen molar-refractivity contribution in [2.75, 3.05) is 32.9 Å². The molecule has 0 unspecified atom stereocenters. The molecule has 10 nitrogen and oxygen atoms in total. The van der Waals surface area contributed by atoms with Gasteiger partial charge in [0.15, 0.2) is 18.1 Å². The summed E-state index contributed by atoms with van der Waals surface area (Å²) in [6.45, 7) is 1.83. The molecular weight excluding hydrogens is 454 g/mol. The van der Waals surface area contributed by atoms with Gasteiger partial charge in [0.1, 0.15) is 31.3 Å². The summed E-state index contributed by atoms with van der Waals surface area (Å²) in [6, 6.07) is 3.76. The lowest BCUT2D eigenvalue weighted by Crippen LogP contribution is -2.52. The number of benzene rings is 1. The van der Waals surface area contributed by atoms with Crippen LogP contribution in [0.1, 0.15) is 32.1 Å². The second kappa shape index (κ2) is 10.1. The highest BCUT2D eigenvalue weighted by Gasteiger charge is 2.49. The molecular formula is C25H31N3O7. The molecule has 3 fully saturated rings. The van der Waals surface area contributed by atoms with Crippen LogP contribution in [0.15, 0.2) is 18.2 Å². The van der Waals surface area contributed by atoms with Crippen molar-refractivity contribution in [1.29, 1.82) is 0 Å². The molecule has 4 aliphatic rings. The molecule has 5 atom stereocenters. The Morgan fingerprint density at radius 3 is 2.80 bits per heavy atom. The van der Waals surface area contributed by atoms with Gasteiger partial charge in [0.2, 0.25) is 11.8 Å². The van der Waals surface area contributed by atoms with Gasteiger partial charge >= 0.3 is 0 Å². The van der Waals surface area contributed by atoms with Crippen LogP contribution < -0.4 is 24.8 Å². The lowest BCUT2D eigenvalue weighted by Gasteiger charge is -2.28. The quantitative estimate of drug-likeness (QED) is 0.519. The van der Waals surface area contributed by atoms with Crippen molar-refractivity contribution < 1.29 is 33.4 Å². The standard InChI is InChI=1S/C25H31N3O7/c29-13-17(10-15-6-7-26-24(15)31)27-25(32)23-19-3-1-2-16(19)12-28(23)22(30)14-35-18-4-5-20-21(11-18)34-9-8-33-20/h4-5,11,13,15-17,19,23H,1-3,6-10,12,14H2,(H,26,31)(H,27,32)/t15-,16-,17-,19-,23-/m0/s1. The molecule has 2 N–H and O–H groups in total. The molecule has 1 saturated carbocycles. The van der Waals surface area contributed by atoms with Gasteiger partial charge in [-0.15, -0.1) is 0 Å². The second-order valence-corrected chi connectivity index (χ2v) is 9.70. The van der Waals surface area contributed by atoms with Gasteiger partial charge in [0.05, 0.1) is 6.04 Å². The Labute approximate surface area is 203 Å². The van der Waals surface area contributed by atoms with Gasteiger partial charge in [0.25, 0.3) is 5.91 Å². The molecule has 3 amide bonds. The SMILES string of the molecule is O=C[C@H](C[C@@H]1CCNC1=O)NC(=O)[C@@H]1[C@H]2CCC[C@H]2CN1C(=O)COc1ccc2c(c1)OCCO2. The number of carbonyl (C=O) groups excluding carboxylic acids is 4. The molecule has 5 rings (SSSR count). The zero-order valence-electron chi connectivity index (χ0n) is 19.6. The summed E-state index contributed by atoms with van der Waals surface area (Å²) in [6.07, 6.45) is 4.46. The Balaban J connectivity index is 1.23. The predicted molar refractivity (Wildman–Crippen MR) is 123 cm³/mol. The third kappa shape index (κ3) is 4.92. The largest absolute Gasteiger partial charge is 0.486 e. The maximum atomic E-state index is 13.3. The zero-order valence-corrected chi connectivity index (χ0v) is 19.6. The van der Waals surface area contributed by atoms with Gasteiger partial charge in [-0.2, -0.15) is 0 Å². The maximum Gasteiger partial charge on any atom is 0.261 e. The van der Waals surface area contributed by atoms with E-state index >= 15 is 0 Å². The number of carbonyl (C=O) groups is 4. The molecule has 10 heteroatoms. The normalized spacial score (nSPS) is 27.7. The van der Waals surface area contributed by atoms with Crippen molar-refractivity contribution >= 4 is 24.0 Å². The minimum atomic E-state index is -0.761. The minimum Gasteiger partial charge on any atom is -0.486 e. The van der Waals surface area contributed by atoms with E-state index in [4.69, 9.17) is 14.2 Å². The number of rotatable bonds is 8. The van der Waals surface area contributed by atoms with Gasteiger partial charge in [-0.25, -0.2) is 0 Å². The van der Waals surface area contributed by atoms with Gasteiger partial charge in [-0.3, -0.25) is 14.4 Å². The zero-order chi connectivity index (χ0) is 24.4. The third-order valence-electron chi connectivity index (χ3n) is 7.55. The van der Waals surface area contributed by atoms with Crippen LogP contribution >= 0.6 is 0 Å². The van der Waals surface area contributed by atoms with E-state index < -0.39 is 12.1 Å². The summed E-state index contributed by atoms with van der Waals surface area (Å²) in [5.41, 5.74) is 0. The van der Waals surface area contributed by atoms with E-state index in [0.717, 1.165) is 19.3 Å². The molecule has 3 heterocycles. The lowest BCUT2D eigenvalue weighted by molar-refractivity contribution is -0.141. The van der Waals surface area contributed by atoms with Crippen LogP contribution in [0.25, 0.3) is 0 Å². The van der Waals surface area contributed by atoms with Crippen LogP contribution in [0.2, 0.25) is 0 Å². The molecule has 3 aliphatic heterocycles. The summed E-state index contributed by atoms with van der Waals surface area (Å²) >= 11 is 0. The molecule has 2 saturated heterocycles. The molecule has 0 bridgehead atoms. The van der Waals surface area contributed by atoms with Crippen molar-refractivity contribution in [3.63, 3.8) is 0 Å². The van der Waals surface area contributed by atoms with Crippen LogP contribution in [0, 0.1) is 17.8 Å². The van der Waals surface area contributed by atoms with Crippen LogP contribution in [-0.2, 0) is 19.2 Å². The second-order valence-electron chi connectivity index (χ2n) is 9.70. The predicted octanol–water partition coefficient (Wildman–Crippen LogP) is 0.674. The number of likely N-dealkylation sites (tertiary alicyclic amines) is 1. The number of amides is 3. The highest BCUT2D eigenvalue weighted by molar-refractivity contribution is 5.91.